The molecule has 1 aliphatic rings. The minimum Gasteiger partial charge on any atom is -0.350 e. The van der Waals surface area contributed by atoms with Crippen LogP contribution < -0.4 is 11.1 Å². The summed E-state index contributed by atoms with van der Waals surface area (Å²) >= 11 is 4.95. The van der Waals surface area contributed by atoms with Gasteiger partial charge < -0.3 is 11.1 Å². The Hall–Kier alpha value is -1.24. The van der Waals surface area contributed by atoms with Crippen molar-refractivity contribution in [3.8, 4) is 0 Å². The number of hydrogen-bond donors (Lipinski definition) is 2. The quantitative estimate of drug-likeness (QED) is 0.837. The zero-order valence-electron chi connectivity index (χ0n) is 12.1. The van der Waals surface area contributed by atoms with Gasteiger partial charge in [0.05, 0.1) is 0 Å². The number of nitrogens with zero attached hydrogens (tertiary/aromatic N) is 1. The molecular formula is C16H18BrN3OS. The van der Waals surface area contributed by atoms with Crippen LogP contribution in [0.1, 0.15) is 40.3 Å². The number of halogens is 1. The highest BCUT2D eigenvalue weighted by Crippen LogP contribution is 2.43. The summed E-state index contributed by atoms with van der Waals surface area (Å²) in [5, 5.41) is 5.60. The topological polar surface area (TPSA) is 68.0 Å². The van der Waals surface area contributed by atoms with E-state index < -0.39 is 0 Å². The number of rotatable bonds is 5. The summed E-state index contributed by atoms with van der Waals surface area (Å²) < 4.78 is 1.08. The summed E-state index contributed by atoms with van der Waals surface area (Å²) in [6.45, 7) is 1.03. The summed E-state index contributed by atoms with van der Waals surface area (Å²) in [5.74, 6) is -0.114. The second-order valence-electron chi connectivity index (χ2n) is 5.66. The van der Waals surface area contributed by atoms with E-state index >= 15 is 0 Å². The molecule has 1 fully saturated rings. The number of carbonyl (C=O) groups excluding carboxylic acids is 1. The fraction of sp³-hybridized carbons (Fsp3) is 0.375. The minimum atomic E-state index is -0.114. The summed E-state index contributed by atoms with van der Waals surface area (Å²) in [4.78, 5) is 16.5. The lowest BCUT2D eigenvalue weighted by Crippen LogP contribution is -2.45. The van der Waals surface area contributed by atoms with Gasteiger partial charge in [0.2, 0.25) is 0 Å². The van der Waals surface area contributed by atoms with Crippen LogP contribution in [-0.2, 0) is 12.0 Å². The van der Waals surface area contributed by atoms with Crippen molar-refractivity contribution in [2.45, 2.75) is 31.2 Å². The molecule has 0 unspecified atom stereocenters. The molecule has 1 saturated carbocycles. The highest BCUT2D eigenvalue weighted by Gasteiger charge is 2.39. The molecule has 22 heavy (non-hydrogen) atoms. The second kappa shape index (κ2) is 6.48. The Labute approximate surface area is 142 Å². The average molecular weight is 380 g/mol. The Morgan fingerprint density at radius 2 is 2.27 bits per heavy atom. The molecule has 0 saturated heterocycles. The first kappa shape index (κ1) is 15.6. The molecule has 3 rings (SSSR count). The van der Waals surface area contributed by atoms with E-state index in [0.717, 1.165) is 22.3 Å². The maximum atomic E-state index is 12.2. The molecule has 0 aliphatic heterocycles. The Morgan fingerprint density at radius 1 is 1.45 bits per heavy atom. The number of hydrogen-bond acceptors (Lipinski definition) is 4. The van der Waals surface area contributed by atoms with E-state index in [1.54, 1.807) is 5.38 Å². The van der Waals surface area contributed by atoms with Gasteiger partial charge in [-0.2, -0.15) is 0 Å². The number of benzene rings is 1. The van der Waals surface area contributed by atoms with Gasteiger partial charge in [0.15, 0.2) is 0 Å². The normalized spacial score (nSPS) is 16.1. The third kappa shape index (κ3) is 3.09. The molecule has 4 nitrogen and oxygen atoms in total. The van der Waals surface area contributed by atoms with E-state index in [2.05, 4.69) is 44.4 Å². The second-order valence-corrected chi connectivity index (χ2v) is 7.52. The summed E-state index contributed by atoms with van der Waals surface area (Å²) in [5.41, 5.74) is 7.35. The number of amides is 1. The zero-order valence-corrected chi connectivity index (χ0v) is 14.5. The Morgan fingerprint density at radius 3 is 2.86 bits per heavy atom. The van der Waals surface area contributed by atoms with Crippen LogP contribution in [0.4, 0.5) is 0 Å². The smallest absolute Gasteiger partial charge is 0.270 e. The first-order valence-corrected chi connectivity index (χ1v) is 8.99. The van der Waals surface area contributed by atoms with Crippen molar-refractivity contribution in [2.24, 2.45) is 5.73 Å². The molecule has 3 N–H and O–H groups in total. The third-order valence-electron chi connectivity index (χ3n) is 4.29. The van der Waals surface area contributed by atoms with Crippen molar-refractivity contribution in [3.63, 3.8) is 0 Å². The molecular weight excluding hydrogens is 362 g/mol. The number of nitrogens with two attached hydrogens (primary N) is 1. The van der Waals surface area contributed by atoms with Crippen molar-refractivity contribution in [3.05, 3.63) is 50.4 Å². The fourth-order valence-electron chi connectivity index (χ4n) is 2.84. The largest absolute Gasteiger partial charge is 0.350 e. The van der Waals surface area contributed by atoms with Gasteiger partial charge in [-0.3, -0.25) is 4.79 Å². The van der Waals surface area contributed by atoms with Crippen molar-refractivity contribution in [2.75, 3.05) is 6.54 Å². The van der Waals surface area contributed by atoms with Crippen molar-refractivity contribution >= 4 is 33.2 Å². The van der Waals surface area contributed by atoms with E-state index in [1.165, 1.54) is 23.3 Å². The lowest BCUT2D eigenvalue weighted by atomic mass is 9.64. The van der Waals surface area contributed by atoms with Crippen molar-refractivity contribution < 1.29 is 4.79 Å². The van der Waals surface area contributed by atoms with Gasteiger partial charge in [0.1, 0.15) is 10.7 Å². The van der Waals surface area contributed by atoms with Gasteiger partial charge in [-0.25, -0.2) is 4.98 Å². The van der Waals surface area contributed by atoms with Crippen LogP contribution in [0, 0.1) is 0 Å². The van der Waals surface area contributed by atoms with Gasteiger partial charge in [-0.1, -0.05) is 34.5 Å². The monoisotopic (exact) mass is 379 g/mol. The molecule has 6 heteroatoms. The van der Waals surface area contributed by atoms with Crippen LogP contribution >= 0.6 is 27.3 Å². The first-order chi connectivity index (χ1) is 10.6. The van der Waals surface area contributed by atoms with Crippen LogP contribution in [0.2, 0.25) is 0 Å². The van der Waals surface area contributed by atoms with E-state index in [-0.39, 0.29) is 11.3 Å². The summed E-state index contributed by atoms with van der Waals surface area (Å²) in [6.07, 6.45) is 3.42. The van der Waals surface area contributed by atoms with Crippen LogP contribution in [0.3, 0.4) is 0 Å². The van der Waals surface area contributed by atoms with E-state index in [4.69, 9.17) is 5.73 Å². The van der Waals surface area contributed by atoms with E-state index in [0.29, 0.717) is 18.8 Å². The standard InChI is InChI=1S/C16H18BrN3OS/c17-12-4-1-3-11(7-12)16(5-2-6-16)10-19-15(21)13-9-22-14(8-18)20-13/h1,3-4,7,9H,2,5-6,8,10,18H2,(H,19,21). The Balaban J connectivity index is 1.69. The lowest BCUT2D eigenvalue weighted by Gasteiger charge is -2.42. The average Bonchev–Trinajstić information content (AvgIpc) is 2.95. The van der Waals surface area contributed by atoms with Gasteiger partial charge in [0.25, 0.3) is 5.91 Å². The van der Waals surface area contributed by atoms with Gasteiger partial charge >= 0.3 is 0 Å². The highest BCUT2D eigenvalue weighted by molar-refractivity contribution is 9.10. The zero-order chi connectivity index (χ0) is 15.6. The minimum absolute atomic E-state index is 0.0617. The predicted molar refractivity (Wildman–Crippen MR) is 92.0 cm³/mol. The molecule has 0 radical (unpaired) electrons. The highest BCUT2D eigenvalue weighted by atomic mass is 79.9. The van der Waals surface area contributed by atoms with Crippen LogP contribution in [0.25, 0.3) is 0 Å². The van der Waals surface area contributed by atoms with Crippen LogP contribution in [0.5, 0.6) is 0 Å². The number of aromatic nitrogens is 1. The maximum absolute atomic E-state index is 12.2. The van der Waals surface area contributed by atoms with Crippen molar-refractivity contribution in [1.82, 2.24) is 10.3 Å². The summed E-state index contributed by atoms with van der Waals surface area (Å²) in [7, 11) is 0. The molecule has 0 bridgehead atoms. The predicted octanol–water partition coefficient (Wildman–Crippen LogP) is 3.22. The van der Waals surface area contributed by atoms with E-state index in [1.807, 2.05) is 6.07 Å². The molecule has 1 aromatic carbocycles. The van der Waals surface area contributed by atoms with E-state index in [9.17, 15) is 4.79 Å². The molecule has 1 amide bonds. The molecule has 0 atom stereocenters. The molecule has 116 valence electrons. The van der Waals surface area contributed by atoms with Crippen LogP contribution in [0.15, 0.2) is 34.1 Å². The molecule has 1 aromatic heterocycles. The lowest BCUT2D eigenvalue weighted by molar-refractivity contribution is 0.0923. The molecule has 2 aromatic rings. The Kier molecular flexibility index (Phi) is 4.61. The number of thiazole rings is 1. The first-order valence-electron chi connectivity index (χ1n) is 7.32. The molecule has 1 heterocycles. The number of carbonyl (C=O) groups is 1. The van der Waals surface area contributed by atoms with Crippen molar-refractivity contribution in [1.29, 1.82) is 0 Å². The summed E-state index contributed by atoms with van der Waals surface area (Å²) in [6, 6.07) is 8.37. The maximum Gasteiger partial charge on any atom is 0.270 e. The Bertz CT molecular complexity index is 682. The fourth-order valence-corrected chi connectivity index (χ4v) is 3.89. The van der Waals surface area contributed by atoms with Gasteiger partial charge in [0, 0.05) is 28.4 Å². The van der Waals surface area contributed by atoms with Gasteiger partial charge in [-0.05, 0) is 30.5 Å². The molecule has 1 aliphatic carbocycles. The molecule has 0 spiro atoms. The van der Waals surface area contributed by atoms with Crippen LogP contribution in [-0.4, -0.2) is 17.4 Å². The SMILES string of the molecule is NCc1nc(C(=O)NCC2(c3cccc(Br)c3)CCC2)cs1. The number of nitrogens with one attached hydrogen (secondary N) is 1. The van der Waals surface area contributed by atoms with Gasteiger partial charge in [-0.15, -0.1) is 11.3 Å². The third-order valence-corrected chi connectivity index (χ3v) is 5.66.